The predicted molar refractivity (Wildman–Crippen MR) is 119 cm³/mol. The summed E-state index contributed by atoms with van der Waals surface area (Å²) in [5, 5.41) is 11.3. The quantitative estimate of drug-likeness (QED) is 0.647. The van der Waals surface area contributed by atoms with Crippen molar-refractivity contribution in [3.05, 3.63) is 46.1 Å². The summed E-state index contributed by atoms with van der Waals surface area (Å²) in [7, 11) is 0. The van der Waals surface area contributed by atoms with Gasteiger partial charge in [0.15, 0.2) is 0 Å². The van der Waals surface area contributed by atoms with Crippen LogP contribution >= 0.6 is 11.3 Å². The fraction of sp³-hybridized carbons (Fsp3) is 0.455. The van der Waals surface area contributed by atoms with Gasteiger partial charge in [-0.2, -0.15) is 0 Å². The largest absolute Gasteiger partial charge is 0.343 e. The molecule has 1 aromatic carbocycles. The van der Waals surface area contributed by atoms with E-state index < -0.39 is 0 Å². The molecule has 0 N–H and O–H groups in total. The van der Waals surface area contributed by atoms with Crippen molar-refractivity contribution in [1.29, 1.82) is 0 Å². The molecule has 4 heterocycles. The maximum absolute atomic E-state index is 13.8. The summed E-state index contributed by atoms with van der Waals surface area (Å²) in [6, 6.07) is 8.07. The van der Waals surface area contributed by atoms with Crippen molar-refractivity contribution < 1.29 is 4.79 Å². The Morgan fingerprint density at radius 2 is 1.90 bits per heavy atom. The molecule has 0 bridgehead atoms. The van der Waals surface area contributed by atoms with Crippen molar-refractivity contribution in [2.75, 3.05) is 44.2 Å². The number of anilines is 1. The first-order chi connectivity index (χ1) is 14.6. The number of aryl methyl sites for hydroxylation is 1. The van der Waals surface area contributed by atoms with Crippen molar-refractivity contribution in [1.82, 2.24) is 25.0 Å². The van der Waals surface area contributed by atoms with Crippen molar-refractivity contribution in [3.8, 4) is 0 Å². The molecule has 0 atom stereocenters. The standard InChI is InChI=1S/C22H26N6OS/c1-3-26-9-8-19-17(14-26)20(16-6-4-5-7-18(16)23-19)21(29)27-10-12-28(13-11-27)22-25-24-15(2)30-22/h4-7H,3,8-14H2,1-2H3. The van der Waals surface area contributed by atoms with Gasteiger partial charge < -0.3 is 9.80 Å². The monoisotopic (exact) mass is 422 g/mol. The van der Waals surface area contributed by atoms with Crippen molar-refractivity contribution >= 4 is 33.3 Å². The number of aromatic nitrogens is 3. The predicted octanol–water partition coefficient (Wildman–Crippen LogP) is 2.74. The Labute approximate surface area is 180 Å². The van der Waals surface area contributed by atoms with E-state index >= 15 is 0 Å². The van der Waals surface area contributed by atoms with Crippen LogP contribution < -0.4 is 4.90 Å². The van der Waals surface area contributed by atoms with E-state index in [0.717, 1.165) is 77.0 Å². The molecule has 1 saturated heterocycles. The summed E-state index contributed by atoms with van der Waals surface area (Å²) in [6.07, 6.45) is 0.901. The lowest BCUT2D eigenvalue weighted by atomic mass is 9.94. The summed E-state index contributed by atoms with van der Waals surface area (Å²) in [6.45, 7) is 9.89. The zero-order valence-electron chi connectivity index (χ0n) is 17.5. The fourth-order valence-corrected chi connectivity index (χ4v) is 5.17. The van der Waals surface area contributed by atoms with Gasteiger partial charge in [0.05, 0.1) is 11.1 Å². The van der Waals surface area contributed by atoms with Crippen LogP contribution in [0, 0.1) is 6.92 Å². The molecule has 2 aliphatic rings. The lowest BCUT2D eigenvalue weighted by Gasteiger charge is -2.36. The number of pyridine rings is 1. The molecule has 0 spiro atoms. The summed E-state index contributed by atoms with van der Waals surface area (Å²) in [5.41, 5.74) is 3.99. The van der Waals surface area contributed by atoms with Crippen LogP contribution in [0.5, 0.6) is 0 Å². The molecule has 1 fully saturated rings. The molecule has 30 heavy (non-hydrogen) atoms. The Morgan fingerprint density at radius 1 is 1.10 bits per heavy atom. The molecule has 0 unspecified atom stereocenters. The van der Waals surface area contributed by atoms with Gasteiger partial charge in [-0.1, -0.05) is 36.5 Å². The van der Waals surface area contributed by atoms with E-state index in [2.05, 4.69) is 26.9 Å². The maximum Gasteiger partial charge on any atom is 0.255 e. The Morgan fingerprint density at radius 3 is 2.63 bits per heavy atom. The highest BCUT2D eigenvalue weighted by molar-refractivity contribution is 7.15. The number of carbonyl (C=O) groups is 1. The highest BCUT2D eigenvalue weighted by Crippen LogP contribution is 2.30. The van der Waals surface area contributed by atoms with Gasteiger partial charge in [0.2, 0.25) is 5.13 Å². The van der Waals surface area contributed by atoms with E-state index in [1.165, 1.54) is 0 Å². The zero-order chi connectivity index (χ0) is 20.7. The van der Waals surface area contributed by atoms with E-state index in [1.54, 1.807) is 11.3 Å². The molecule has 2 aromatic heterocycles. The van der Waals surface area contributed by atoms with Gasteiger partial charge in [0, 0.05) is 62.3 Å². The molecule has 7 nitrogen and oxygen atoms in total. The number of fused-ring (bicyclic) bond motifs is 2. The van der Waals surface area contributed by atoms with Gasteiger partial charge in [-0.3, -0.25) is 14.7 Å². The minimum absolute atomic E-state index is 0.135. The van der Waals surface area contributed by atoms with Gasteiger partial charge in [0.1, 0.15) is 5.01 Å². The smallest absolute Gasteiger partial charge is 0.255 e. The van der Waals surface area contributed by atoms with Crippen LogP contribution in [0.1, 0.15) is 33.5 Å². The topological polar surface area (TPSA) is 65.5 Å². The molecule has 1 amide bonds. The molecule has 0 saturated carbocycles. The number of hydrogen-bond acceptors (Lipinski definition) is 7. The minimum Gasteiger partial charge on any atom is -0.343 e. The van der Waals surface area contributed by atoms with Crippen LogP contribution in [-0.4, -0.2) is 70.2 Å². The third-order valence-corrected chi connectivity index (χ3v) is 7.04. The van der Waals surface area contributed by atoms with Crippen molar-refractivity contribution in [2.45, 2.75) is 26.8 Å². The van der Waals surface area contributed by atoms with Crippen LogP contribution in [0.15, 0.2) is 24.3 Å². The third kappa shape index (κ3) is 3.44. The number of rotatable bonds is 3. The Kier molecular flexibility index (Phi) is 5.12. The minimum atomic E-state index is 0.135. The van der Waals surface area contributed by atoms with Crippen molar-refractivity contribution in [2.24, 2.45) is 0 Å². The van der Waals surface area contributed by atoms with E-state index in [0.29, 0.717) is 13.1 Å². The summed E-state index contributed by atoms with van der Waals surface area (Å²) in [4.78, 5) is 25.3. The van der Waals surface area contributed by atoms with E-state index in [1.807, 2.05) is 36.1 Å². The van der Waals surface area contributed by atoms with Crippen molar-refractivity contribution in [3.63, 3.8) is 0 Å². The second kappa shape index (κ2) is 7.92. The Balaban J connectivity index is 1.46. The number of para-hydroxylation sites is 1. The normalized spacial score (nSPS) is 17.4. The first-order valence-corrected chi connectivity index (χ1v) is 11.4. The summed E-state index contributed by atoms with van der Waals surface area (Å²) < 4.78 is 0. The summed E-state index contributed by atoms with van der Waals surface area (Å²) in [5.74, 6) is 0.135. The number of piperazine rings is 1. The van der Waals surface area contributed by atoms with E-state index in [-0.39, 0.29) is 5.91 Å². The highest BCUT2D eigenvalue weighted by Gasteiger charge is 2.30. The van der Waals surface area contributed by atoms with Crippen LogP contribution in [-0.2, 0) is 13.0 Å². The Bertz CT molecular complexity index is 1090. The average Bonchev–Trinajstić information content (AvgIpc) is 3.23. The fourth-order valence-electron chi connectivity index (χ4n) is 4.43. The van der Waals surface area contributed by atoms with Gasteiger partial charge in [-0.25, -0.2) is 0 Å². The summed E-state index contributed by atoms with van der Waals surface area (Å²) >= 11 is 1.61. The first kappa shape index (κ1) is 19.4. The third-order valence-electron chi connectivity index (χ3n) is 6.14. The SMILES string of the molecule is CCN1CCc2nc3ccccc3c(C(=O)N3CCN(c4nnc(C)s4)CC3)c2C1. The van der Waals surface area contributed by atoms with Crippen LogP contribution in [0.2, 0.25) is 0 Å². The number of likely N-dealkylation sites (N-methyl/N-ethyl adjacent to an activating group) is 1. The molecule has 2 aliphatic heterocycles. The molecule has 156 valence electrons. The number of carbonyl (C=O) groups excluding carboxylic acids is 1. The zero-order valence-corrected chi connectivity index (χ0v) is 18.3. The highest BCUT2D eigenvalue weighted by atomic mass is 32.1. The van der Waals surface area contributed by atoms with E-state index in [4.69, 9.17) is 4.98 Å². The van der Waals surface area contributed by atoms with Gasteiger partial charge >= 0.3 is 0 Å². The van der Waals surface area contributed by atoms with Gasteiger partial charge in [-0.15, -0.1) is 10.2 Å². The maximum atomic E-state index is 13.8. The second-order valence-electron chi connectivity index (χ2n) is 7.93. The molecule has 0 radical (unpaired) electrons. The van der Waals surface area contributed by atoms with Crippen LogP contribution in [0.25, 0.3) is 10.9 Å². The first-order valence-electron chi connectivity index (χ1n) is 10.6. The number of hydrogen-bond donors (Lipinski definition) is 0. The number of amides is 1. The number of benzene rings is 1. The van der Waals surface area contributed by atoms with E-state index in [9.17, 15) is 4.79 Å². The van der Waals surface area contributed by atoms with Crippen LogP contribution in [0.4, 0.5) is 5.13 Å². The average molecular weight is 423 g/mol. The van der Waals surface area contributed by atoms with Gasteiger partial charge in [0.25, 0.3) is 5.91 Å². The second-order valence-corrected chi connectivity index (χ2v) is 9.09. The molecular formula is C22H26N6OS. The number of nitrogens with zero attached hydrogens (tertiary/aromatic N) is 6. The molecule has 8 heteroatoms. The van der Waals surface area contributed by atoms with Crippen LogP contribution in [0.3, 0.4) is 0 Å². The molecule has 3 aromatic rings. The lowest BCUT2D eigenvalue weighted by molar-refractivity contribution is 0.0745. The molecule has 0 aliphatic carbocycles. The molecular weight excluding hydrogens is 396 g/mol. The van der Waals surface area contributed by atoms with Gasteiger partial charge in [-0.05, 0) is 19.5 Å². The lowest BCUT2D eigenvalue weighted by Crippen LogP contribution is -2.49. The molecule has 5 rings (SSSR count). The Hall–Kier alpha value is -2.58.